The van der Waals surface area contributed by atoms with Gasteiger partial charge in [-0.25, -0.2) is 0 Å². The molecule has 108 valence electrons. The number of ether oxygens (including phenoxy) is 1. The quantitative estimate of drug-likeness (QED) is 0.909. The Hall–Kier alpha value is -1.67. The van der Waals surface area contributed by atoms with Crippen LogP contribution in [0.4, 0.5) is 0 Å². The van der Waals surface area contributed by atoms with Crippen molar-refractivity contribution in [1.29, 1.82) is 5.26 Å². The fraction of sp³-hybridized carbons (Fsp3) is 0.667. The van der Waals surface area contributed by atoms with Crippen molar-refractivity contribution in [2.24, 2.45) is 5.73 Å². The molecule has 0 aliphatic heterocycles. The van der Waals surface area contributed by atoms with Gasteiger partial charge in [-0.3, -0.25) is 0 Å². The van der Waals surface area contributed by atoms with Crippen molar-refractivity contribution in [3.8, 4) is 11.9 Å². The summed E-state index contributed by atoms with van der Waals surface area (Å²) in [5.41, 5.74) is 8.30. The lowest BCUT2D eigenvalue weighted by Crippen LogP contribution is -2.32. The van der Waals surface area contributed by atoms with Gasteiger partial charge in [0.25, 0.3) is 5.88 Å². The van der Waals surface area contributed by atoms with Gasteiger partial charge in [0.15, 0.2) is 0 Å². The van der Waals surface area contributed by atoms with E-state index in [2.05, 4.69) is 16.3 Å². The van der Waals surface area contributed by atoms with Gasteiger partial charge in [0, 0.05) is 6.04 Å². The molecule has 0 spiro atoms. The third kappa shape index (κ3) is 3.07. The van der Waals surface area contributed by atoms with Crippen LogP contribution < -0.4 is 10.5 Å². The fourth-order valence-electron chi connectivity index (χ4n) is 2.72. The summed E-state index contributed by atoms with van der Waals surface area (Å²) in [6, 6.07) is 2.52. The minimum absolute atomic E-state index is 0.105. The molecule has 2 N–H and O–H groups in total. The van der Waals surface area contributed by atoms with E-state index in [-0.39, 0.29) is 12.1 Å². The van der Waals surface area contributed by atoms with E-state index in [0.717, 1.165) is 49.8 Å². The zero-order valence-corrected chi connectivity index (χ0v) is 12.2. The van der Waals surface area contributed by atoms with Crippen molar-refractivity contribution in [3.05, 3.63) is 16.8 Å². The summed E-state index contributed by atoms with van der Waals surface area (Å²) in [5, 5.41) is 17.7. The van der Waals surface area contributed by atoms with Crippen LogP contribution in [0.25, 0.3) is 0 Å². The molecule has 0 aromatic carbocycles. The van der Waals surface area contributed by atoms with E-state index in [9.17, 15) is 5.26 Å². The standard InChI is InChI=1S/C15H22N4O/c1-3-12-13(9-16)15(19-18-14(12)4-2)20-11-7-5-10(17)6-8-11/h10-11H,3-8,17H2,1-2H3. The number of nitrogens with two attached hydrogens (primary N) is 1. The highest BCUT2D eigenvalue weighted by Gasteiger charge is 2.23. The Morgan fingerprint density at radius 2 is 1.90 bits per heavy atom. The van der Waals surface area contributed by atoms with Gasteiger partial charge in [0.05, 0.1) is 5.69 Å². The number of nitrogens with zero attached hydrogens (tertiary/aromatic N) is 3. The number of hydrogen-bond donors (Lipinski definition) is 1. The fourth-order valence-corrected chi connectivity index (χ4v) is 2.72. The molecule has 0 atom stereocenters. The molecule has 0 saturated heterocycles. The van der Waals surface area contributed by atoms with Gasteiger partial charge in [-0.1, -0.05) is 13.8 Å². The molecule has 1 heterocycles. The maximum absolute atomic E-state index is 9.40. The molecule has 0 radical (unpaired) electrons. The van der Waals surface area contributed by atoms with E-state index < -0.39 is 0 Å². The Bertz CT molecular complexity index is 501. The summed E-state index contributed by atoms with van der Waals surface area (Å²) >= 11 is 0. The molecule has 1 aliphatic carbocycles. The molecule has 1 fully saturated rings. The molecule has 1 aliphatic rings. The summed E-state index contributed by atoms with van der Waals surface area (Å²) in [7, 11) is 0. The van der Waals surface area contributed by atoms with Gasteiger partial charge in [-0.05, 0) is 44.1 Å². The zero-order chi connectivity index (χ0) is 14.5. The third-order valence-electron chi connectivity index (χ3n) is 3.92. The Morgan fingerprint density at radius 1 is 1.20 bits per heavy atom. The van der Waals surface area contributed by atoms with E-state index >= 15 is 0 Å². The molecule has 20 heavy (non-hydrogen) atoms. The van der Waals surface area contributed by atoms with Gasteiger partial charge in [0.1, 0.15) is 17.7 Å². The third-order valence-corrected chi connectivity index (χ3v) is 3.92. The molecule has 1 aromatic rings. The van der Waals surface area contributed by atoms with Gasteiger partial charge >= 0.3 is 0 Å². The summed E-state index contributed by atoms with van der Waals surface area (Å²) in [5.74, 6) is 0.391. The number of nitriles is 1. The smallest absolute Gasteiger partial charge is 0.252 e. The maximum atomic E-state index is 9.40. The molecule has 0 amide bonds. The lowest BCUT2D eigenvalue weighted by atomic mass is 9.93. The van der Waals surface area contributed by atoms with Crippen LogP contribution in [0, 0.1) is 11.3 Å². The van der Waals surface area contributed by atoms with Gasteiger partial charge in [-0.2, -0.15) is 10.4 Å². The molecular weight excluding hydrogens is 252 g/mol. The number of hydrogen-bond acceptors (Lipinski definition) is 5. The second-order valence-electron chi connectivity index (χ2n) is 5.28. The zero-order valence-electron chi connectivity index (χ0n) is 12.2. The van der Waals surface area contributed by atoms with Crippen LogP contribution in [0.3, 0.4) is 0 Å². The van der Waals surface area contributed by atoms with Crippen LogP contribution >= 0.6 is 0 Å². The topological polar surface area (TPSA) is 84.8 Å². The number of aryl methyl sites for hydroxylation is 1. The largest absolute Gasteiger partial charge is 0.472 e. The van der Waals surface area contributed by atoms with Crippen molar-refractivity contribution in [1.82, 2.24) is 10.2 Å². The summed E-state index contributed by atoms with van der Waals surface area (Å²) in [6.07, 6.45) is 5.43. The Balaban J connectivity index is 2.22. The SMILES string of the molecule is CCc1nnc(OC2CCC(N)CC2)c(C#N)c1CC. The van der Waals surface area contributed by atoms with E-state index in [1.165, 1.54) is 0 Å². The molecule has 2 rings (SSSR count). The van der Waals surface area contributed by atoms with E-state index in [0.29, 0.717) is 11.4 Å². The maximum Gasteiger partial charge on any atom is 0.252 e. The van der Waals surface area contributed by atoms with E-state index in [4.69, 9.17) is 10.5 Å². The van der Waals surface area contributed by atoms with Gasteiger partial charge in [0.2, 0.25) is 0 Å². The molecule has 0 unspecified atom stereocenters. The van der Waals surface area contributed by atoms with Crippen LogP contribution in [0.5, 0.6) is 5.88 Å². The molecule has 1 saturated carbocycles. The second kappa shape index (κ2) is 6.67. The summed E-state index contributed by atoms with van der Waals surface area (Å²) in [4.78, 5) is 0. The van der Waals surface area contributed by atoms with Crippen molar-refractivity contribution in [3.63, 3.8) is 0 Å². The highest BCUT2D eigenvalue weighted by atomic mass is 16.5. The average Bonchev–Trinajstić information content (AvgIpc) is 2.48. The molecule has 5 nitrogen and oxygen atoms in total. The first-order valence-corrected chi connectivity index (χ1v) is 7.40. The van der Waals surface area contributed by atoms with Gasteiger partial charge < -0.3 is 10.5 Å². The normalized spacial score (nSPS) is 22.3. The Kier molecular flexibility index (Phi) is 4.91. The number of aromatic nitrogens is 2. The van der Waals surface area contributed by atoms with Crippen LogP contribution in [-0.4, -0.2) is 22.3 Å². The van der Waals surface area contributed by atoms with Gasteiger partial charge in [-0.15, -0.1) is 5.10 Å². The lowest BCUT2D eigenvalue weighted by Gasteiger charge is -2.26. The minimum atomic E-state index is 0.105. The highest BCUT2D eigenvalue weighted by molar-refractivity contribution is 5.46. The first-order chi connectivity index (χ1) is 9.69. The van der Waals surface area contributed by atoms with Crippen molar-refractivity contribution >= 4 is 0 Å². The predicted octanol–water partition coefficient (Wildman–Crippen LogP) is 2.12. The minimum Gasteiger partial charge on any atom is -0.472 e. The highest BCUT2D eigenvalue weighted by Crippen LogP contribution is 2.26. The molecule has 5 heteroatoms. The van der Waals surface area contributed by atoms with Crippen LogP contribution in [-0.2, 0) is 12.8 Å². The molecule has 0 bridgehead atoms. The van der Waals surface area contributed by atoms with Crippen molar-refractivity contribution < 1.29 is 4.74 Å². The van der Waals surface area contributed by atoms with Crippen LogP contribution in [0.15, 0.2) is 0 Å². The average molecular weight is 274 g/mol. The number of rotatable bonds is 4. The van der Waals surface area contributed by atoms with Crippen LogP contribution in [0.2, 0.25) is 0 Å². The second-order valence-corrected chi connectivity index (χ2v) is 5.28. The summed E-state index contributed by atoms with van der Waals surface area (Å²) < 4.78 is 5.92. The summed E-state index contributed by atoms with van der Waals surface area (Å²) in [6.45, 7) is 4.05. The van der Waals surface area contributed by atoms with Crippen molar-refractivity contribution in [2.45, 2.75) is 64.5 Å². The molecular formula is C15H22N4O. The van der Waals surface area contributed by atoms with Crippen LogP contribution in [0.1, 0.15) is 56.4 Å². The Morgan fingerprint density at radius 3 is 2.45 bits per heavy atom. The van der Waals surface area contributed by atoms with E-state index in [1.807, 2.05) is 13.8 Å². The first-order valence-electron chi connectivity index (χ1n) is 7.40. The lowest BCUT2D eigenvalue weighted by molar-refractivity contribution is 0.139. The predicted molar refractivity (Wildman–Crippen MR) is 76.4 cm³/mol. The molecule has 1 aromatic heterocycles. The Labute approximate surface area is 120 Å². The van der Waals surface area contributed by atoms with Crippen molar-refractivity contribution in [2.75, 3.05) is 0 Å². The first kappa shape index (κ1) is 14.7. The van der Waals surface area contributed by atoms with E-state index in [1.54, 1.807) is 0 Å². The monoisotopic (exact) mass is 274 g/mol.